The van der Waals surface area contributed by atoms with E-state index < -0.39 is 17.6 Å². The lowest BCUT2D eigenvalue weighted by Crippen LogP contribution is -2.42. The number of fused-ring (bicyclic) bond motifs is 1. The first-order valence-corrected chi connectivity index (χ1v) is 11.4. The lowest BCUT2D eigenvalue weighted by molar-refractivity contribution is -0.127. The summed E-state index contributed by atoms with van der Waals surface area (Å²) >= 11 is 0. The molecule has 0 spiro atoms. The van der Waals surface area contributed by atoms with Crippen molar-refractivity contribution in [1.82, 2.24) is 24.0 Å². The molecule has 1 atom stereocenters. The van der Waals surface area contributed by atoms with Crippen LogP contribution < -0.4 is 21.9 Å². The molecule has 2 aromatic carbocycles. The summed E-state index contributed by atoms with van der Waals surface area (Å²) in [5.74, 6) is 0.814. The lowest BCUT2D eigenvalue weighted by atomic mass is 10.1. The minimum Gasteiger partial charge on any atom is -0.457 e. The summed E-state index contributed by atoms with van der Waals surface area (Å²) in [6, 6.07) is 15.9. The van der Waals surface area contributed by atoms with E-state index in [1.807, 2.05) is 30.3 Å². The predicted octanol–water partition coefficient (Wildman–Crippen LogP) is 3.19. The SMILES string of the molecule is Nc1nc(N)c2c(n1)n([C@@H]1CCCN(C(=O)C=CF)C1)c(=O)n2-c1ccc(Oc2ccccc2)cc1. The largest absolute Gasteiger partial charge is 0.457 e. The van der Waals surface area contributed by atoms with Crippen LogP contribution in [0.1, 0.15) is 18.9 Å². The minimum atomic E-state index is -0.457. The van der Waals surface area contributed by atoms with Crippen LogP contribution in [0.4, 0.5) is 16.2 Å². The second-order valence-corrected chi connectivity index (χ2v) is 8.41. The number of hydrogen-bond donors (Lipinski definition) is 2. The van der Waals surface area contributed by atoms with E-state index in [1.54, 1.807) is 24.3 Å². The molecule has 0 bridgehead atoms. The van der Waals surface area contributed by atoms with Gasteiger partial charge in [-0.3, -0.25) is 13.9 Å². The zero-order valence-electron chi connectivity index (χ0n) is 19.3. The highest BCUT2D eigenvalue weighted by molar-refractivity contribution is 5.87. The number of nitrogens with zero attached hydrogens (tertiary/aromatic N) is 5. The highest BCUT2D eigenvalue weighted by Gasteiger charge is 2.30. The third kappa shape index (κ3) is 4.26. The first-order valence-electron chi connectivity index (χ1n) is 11.4. The Morgan fingerprint density at radius 1 is 1.06 bits per heavy atom. The van der Waals surface area contributed by atoms with Gasteiger partial charge in [0, 0.05) is 19.2 Å². The molecule has 4 aromatic rings. The van der Waals surface area contributed by atoms with E-state index in [-0.39, 0.29) is 30.3 Å². The fourth-order valence-corrected chi connectivity index (χ4v) is 4.54. The number of imidazole rings is 1. The molecule has 36 heavy (non-hydrogen) atoms. The molecule has 0 radical (unpaired) electrons. The van der Waals surface area contributed by atoms with Gasteiger partial charge in [-0.25, -0.2) is 9.18 Å². The van der Waals surface area contributed by atoms with Crippen molar-refractivity contribution in [3.63, 3.8) is 0 Å². The fourth-order valence-electron chi connectivity index (χ4n) is 4.54. The number of ether oxygens (including phenoxy) is 1. The number of amides is 1. The van der Waals surface area contributed by atoms with Crippen LogP contribution in [0.3, 0.4) is 0 Å². The van der Waals surface area contributed by atoms with Crippen molar-refractivity contribution in [1.29, 1.82) is 0 Å². The number of nitrogen functional groups attached to an aromatic ring is 2. The van der Waals surface area contributed by atoms with Gasteiger partial charge in [0.15, 0.2) is 11.5 Å². The normalized spacial score (nSPS) is 16.0. The van der Waals surface area contributed by atoms with Gasteiger partial charge in [0.05, 0.1) is 18.1 Å². The number of para-hydroxylation sites is 1. The molecule has 184 valence electrons. The third-order valence-electron chi connectivity index (χ3n) is 6.11. The fraction of sp³-hybridized carbons (Fsp3) is 0.200. The molecule has 5 rings (SSSR count). The highest BCUT2D eigenvalue weighted by Crippen LogP contribution is 2.29. The number of rotatable bonds is 5. The minimum absolute atomic E-state index is 0.0575. The summed E-state index contributed by atoms with van der Waals surface area (Å²) in [5.41, 5.74) is 12.8. The zero-order valence-corrected chi connectivity index (χ0v) is 19.3. The average molecular weight is 490 g/mol. The monoisotopic (exact) mass is 489 g/mol. The van der Waals surface area contributed by atoms with Gasteiger partial charge in [-0.2, -0.15) is 9.97 Å². The third-order valence-corrected chi connectivity index (χ3v) is 6.11. The quantitative estimate of drug-likeness (QED) is 0.411. The van der Waals surface area contributed by atoms with Crippen LogP contribution in [-0.4, -0.2) is 43.0 Å². The van der Waals surface area contributed by atoms with Crippen molar-refractivity contribution in [3.8, 4) is 17.2 Å². The molecule has 4 N–H and O–H groups in total. The number of piperidine rings is 1. The van der Waals surface area contributed by atoms with Gasteiger partial charge in [-0.05, 0) is 49.2 Å². The number of nitrogens with two attached hydrogens (primary N) is 2. The molecule has 2 aromatic heterocycles. The van der Waals surface area contributed by atoms with Crippen molar-refractivity contribution in [2.75, 3.05) is 24.6 Å². The number of aromatic nitrogens is 4. The van der Waals surface area contributed by atoms with Crippen molar-refractivity contribution in [2.45, 2.75) is 18.9 Å². The van der Waals surface area contributed by atoms with Crippen LogP contribution in [0.15, 0.2) is 71.8 Å². The van der Waals surface area contributed by atoms with Crippen LogP contribution in [-0.2, 0) is 4.79 Å². The number of carbonyl (C=O) groups excluding carboxylic acids is 1. The van der Waals surface area contributed by atoms with Crippen LogP contribution in [0, 0.1) is 0 Å². The van der Waals surface area contributed by atoms with Crippen molar-refractivity contribution < 1.29 is 13.9 Å². The van der Waals surface area contributed by atoms with E-state index in [0.717, 1.165) is 6.08 Å². The lowest BCUT2D eigenvalue weighted by Gasteiger charge is -2.32. The van der Waals surface area contributed by atoms with Gasteiger partial charge in [-0.1, -0.05) is 18.2 Å². The Morgan fingerprint density at radius 3 is 2.50 bits per heavy atom. The van der Waals surface area contributed by atoms with E-state index in [0.29, 0.717) is 42.1 Å². The molecule has 11 heteroatoms. The Morgan fingerprint density at radius 2 is 1.78 bits per heavy atom. The van der Waals surface area contributed by atoms with E-state index in [2.05, 4.69) is 9.97 Å². The maximum absolute atomic E-state index is 13.8. The van der Waals surface area contributed by atoms with Gasteiger partial charge < -0.3 is 21.1 Å². The second kappa shape index (κ2) is 9.53. The Hall–Kier alpha value is -4.67. The topological polar surface area (TPSA) is 134 Å². The summed E-state index contributed by atoms with van der Waals surface area (Å²) in [4.78, 5) is 35.9. The molecule has 0 saturated carbocycles. The Kier molecular flexibility index (Phi) is 6.11. The van der Waals surface area contributed by atoms with E-state index in [9.17, 15) is 14.0 Å². The Bertz CT molecular complexity index is 1500. The van der Waals surface area contributed by atoms with E-state index in [1.165, 1.54) is 14.0 Å². The van der Waals surface area contributed by atoms with Crippen LogP contribution in [0.2, 0.25) is 0 Å². The Labute approximate surface area is 205 Å². The molecule has 10 nitrogen and oxygen atoms in total. The first-order chi connectivity index (χ1) is 17.5. The van der Waals surface area contributed by atoms with E-state index >= 15 is 0 Å². The number of hydrogen-bond acceptors (Lipinski definition) is 7. The van der Waals surface area contributed by atoms with Gasteiger partial charge in [-0.15, -0.1) is 0 Å². The molecule has 1 saturated heterocycles. The molecule has 0 unspecified atom stereocenters. The zero-order chi connectivity index (χ0) is 25.2. The summed E-state index contributed by atoms with van der Waals surface area (Å²) in [5, 5.41) is 0. The molecule has 1 aliphatic heterocycles. The smallest absolute Gasteiger partial charge is 0.335 e. The summed E-state index contributed by atoms with van der Waals surface area (Å²) in [6.07, 6.45) is 2.34. The number of anilines is 2. The average Bonchev–Trinajstić information content (AvgIpc) is 3.17. The summed E-state index contributed by atoms with van der Waals surface area (Å²) in [6.45, 7) is 0.686. The van der Waals surface area contributed by atoms with Crippen LogP contribution in [0.25, 0.3) is 16.9 Å². The van der Waals surface area contributed by atoms with Gasteiger partial charge in [0.1, 0.15) is 17.0 Å². The second-order valence-electron chi connectivity index (χ2n) is 8.41. The number of benzene rings is 2. The van der Waals surface area contributed by atoms with Crippen molar-refractivity contribution in [2.24, 2.45) is 0 Å². The molecular formula is C25H24FN7O3. The van der Waals surface area contributed by atoms with Crippen LogP contribution in [0.5, 0.6) is 11.5 Å². The molecule has 0 aliphatic carbocycles. The molecule has 1 aliphatic rings. The van der Waals surface area contributed by atoms with Crippen molar-refractivity contribution in [3.05, 3.63) is 77.5 Å². The Balaban J connectivity index is 1.57. The highest BCUT2D eigenvalue weighted by atomic mass is 19.1. The maximum atomic E-state index is 13.8. The summed E-state index contributed by atoms with van der Waals surface area (Å²) < 4.78 is 21.4. The standard InChI is InChI=1S/C25H24FN7O3/c26-13-12-20(34)31-14-4-5-17(15-31)33-23-21(22(27)29-24(28)30-23)32(25(33)35)16-8-10-19(11-9-16)36-18-6-2-1-3-7-18/h1-3,6-13,17H,4-5,14-15H2,(H4,27,28,29,30)/t17-/m1/s1. The number of carbonyl (C=O) groups is 1. The molecule has 1 amide bonds. The van der Waals surface area contributed by atoms with Crippen molar-refractivity contribution >= 4 is 28.8 Å². The number of likely N-dealkylation sites (tertiary alicyclic amines) is 1. The molecular weight excluding hydrogens is 465 g/mol. The van der Waals surface area contributed by atoms with Gasteiger partial charge >= 0.3 is 5.69 Å². The van der Waals surface area contributed by atoms with Crippen LogP contribution >= 0.6 is 0 Å². The van der Waals surface area contributed by atoms with Gasteiger partial charge in [0.25, 0.3) is 0 Å². The predicted molar refractivity (Wildman–Crippen MR) is 134 cm³/mol. The maximum Gasteiger partial charge on any atom is 0.335 e. The molecule has 1 fully saturated rings. The van der Waals surface area contributed by atoms with E-state index in [4.69, 9.17) is 16.2 Å². The first kappa shape index (κ1) is 23.1. The summed E-state index contributed by atoms with van der Waals surface area (Å²) in [7, 11) is 0. The number of halogens is 1. The molecule has 3 heterocycles. The van der Waals surface area contributed by atoms with Gasteiger partial charge in [0.2, 0.25) is 11.9 Å².